The lowest BCUT2D eigenvalue weighted by Gasteiger charge is -2.09. The topological polar surface area (TPSA) is 0 Å². The van der Waals surface area contributed by atoms with Gasteiger partial charge in [0.25, 0.3) is 0 Å². The van der Waals surface area contributed by atoms with Crippen molar-refractivity contribution in [1.82, 2.24) is 0 Å². The van der Waals surface area contributed by atoms with Crippen LogP contribution in [0.4, 0.5) is 0 Å². The fourth-order valence-electron chi connectivity index (χ4n) is 10.9. The molecule has 0 amide bonds. The number of benzene rings is 13. The molecule has 1 unspecified atom stereocenters. The van der Waals surface area contributed by atoms with Gasteiger partial charge in [0.2, 0.25) is 0 Å². The van der Waals surface area contributed by atoms with Crippen molar-refractivity contribution in [3.8, 4) is 0 Å². The van der Waals surface area contributed by atoms with Gasteiger partial charge in [0, 0.05) is 0 Å². The Morgan fingerprint density at radius 2 is 0.529 bits per heavy atom. The van der Waals surface area contributed by atoms with E-state index >= 15 is 0 Å². The molecule has 13 aromatic carbocycles. The van der Waals surface area contributed by atoms with Crippen molar-refractivity contribution in [2.75, 3.05) is 0 Å². The molecule has 13 aromatic rings. The number of hydrogen-bond acceptors (Lipinski definition) is 0. The van der Waals surface area contributed by atoms with E-state index in [-0.39, 0.29) is 54.5 Å². The first-order chi connectivity index (χ1) is 51.0. The fraction of sp³-hybridized carbons (Fsp3) is 0.0909. The van der Waals surface area contributed by atoms with Crippen molar-refractivity contribution in [3.63, 3.8) is 0 Å². The first kappa shape index (κ1) is 78.2. The van der Waals surface area contributed by atoms with Gasteiger partial charge in [0.15, 0.2) is 68.5 Å². The van der Waals surface area contributed by atoms with Gasteiger partial charge in [-0.05, 0) is 223 Å². The zero-order chi connectivity index (χ0) is 72.9. The van der Waals surface area contributed by atoms with Crippen molar-refractivity contribution in [1.29, 1.82) is 0 Å². The van der Waals surface area contributed by atoms with E-state index in [0.717, 1.165) is 29.7 Å². The third kappa shape index (κ3) is 24.6. The van der Waals surface area contributed by atoms with Gasteiger partial charge in [0.05, 0.1) is 54.5 Å². The molecule has 104 heavy (non-hydrogen) atoms. The lowest BCUT2D eigenvalue weighted by molar-refractivity contribution is 0.930. The highest BCUT2D eigenvalue weighted by molar-refractivity contribution is 8.01. The van der Waals surface area contributed by atoms with Gasteiger partial charge in [-0.3, -0.25) is 0 Å². The molecule has 0 aliphatic heterocycles. The van der Waals surface area contributed by atoms with E-state index in [1.54, 1.807) is 6.08 Å². The summed E-state index contributed by atoms with van der Waals surface area (Å²) >= 11 is 0. The second-order valence-corrected chi connectivity index (χ2v) is 34.5. The van der Waals surface area contributed by atoms with Gasteiger partial charge in [-0.1, -0.05) is 292 Å². The Hall–Kier alpha value is -9.95. The third-order valence-corrected chi connectivity index (χ3v) is 27.2. The zero-order valence-corrected chi connectivity index (χ0v) is 65.0. The Labute approximate surface area is 637 Å². The smallest absolute Gasteiger partial charge is 0.0991 e. The van der Waals surface area contributed by atoms with Crippen molar-refractivity contribution >= 4 is 54.5 Å². The van der Waals surface area contributed by atoms with Crippen LogP contribution in [0.5, 0.6) is 0 Å². The summed E-state index contributed by atoms with van der Waals surface area (Å²) < 4.78 is 0. The third-order valence-electron chi connectivity index (χ3n) is 16.4. The monoisotopic (exact) mass is 1450 g/mol. The molecule has 0 bridgehead atoms. The molecule has 0 saturated carbocycles. The normalized spacial score (nSPS) is 11.2. The van der Waals surface area contributed by atoms with Crippen LogP contribution >= 0.6 is 0 Å². The maximum absolute atomic E-state index is 4.32. The maximum atomic E-state index is 4.32. The van der Waals surface area contributed by atoms with Gasteiger partial charge in [-0.15, -0.1) is 0 Å². The van der Waals surface area contributed by atoms with E-state index in [4.69, 9.17) is 0 Å². The molecule has 0 aliphatic rings. The Kier molecular flexibility index (Phi) is 32.5. The van der Waals surface area contributed by atoms with Crippen LogP contribution in [0.3, 0.4) is 0 Å². The molecule has 0 radical (unpaired) electrons. The average molecular weight is 1450 g/mol. The number of hydrogen-bond donors (Lipinski definition) is 0. The van der Waals surface area contributed by atoms with E-state index in [9.17, 15) is 0 Å². The Morgan fingerprint density at radius 3 is 0.798 bits per heavy atom. The predicted molar refractivity (Wildman–Crippen MR) is 457 cm³/mol. The summed E-state index contributed by atoms with van der Waals surface area (Å²) in [7, 11) is -0.247. The molecule has 0 aromatic heterocycles. The molecular weight excluding hydrogens is 1350 g/mol. The lowest BCUT2D eigenvalue weighted by atomic mass is 10.2. The van der Waals surface area contributed by atoms with E-state index in [1.807, 2.05) is 12.2 Å². The zero-order valence-electron chi connectivity index (χ0n) is 61.0. The summed E-state index contributed by atoms with van der Waals surface area (Å²) in [6.07, 6.45) is 15.3. The molecule has 13 rings (SSSR count). The standard InChI is InChI=1S/C21H21S.C21H23S.C20H21S.C19H17S.C18H15S/c1-16-4-10-19(11-5-16)22(20-12-6-17(2)7-13-20)21-14-8-18(3)9-15-21;1-4-11-18(2)16-17-19(3)22(20-12-7-5-8-13-20)21-14-9-6-10-15-21;1-3-5-6-10-17-21(19-11-8-7-9-12-19)20-15-13-18(4-2)14-16-20;1-16-12-14-19(15-13-16)20(17-8-4-2-5-9-17)18-10-6-3-7-11-18;1-4-10-16(11-5-1)19(17-12-6-2-7-13-17)18-14-8-3-9-15-18/h4-15H,1-3H3;5-10,12-17H,2-4,11H2,1H3;3,5-17H,1,4H2,2H3;2-15H,1H3;1-15H/q5*+1/b;17-16-;6-5-,17-10+;;. The highest BCUT2D eigenvalue weighted by Gasteiger charge is 2.32. The Morgan fingerprint density at radius 1 is 0.279 bits per heavy atom. The molecule has 0 fully saturated rings. The van der Waals surface area contributed by atoms with Crippen LogP contribution in [0.25, 0.3) is 0 Å². The molecule has 0 nitrogen and oxygen atoms in total. The van der Waals surface area contributed by atoms with E-state index in [2.05, 4.69) is 449 Å². The van der Waals surface area contributed by atoms with Crippen LogP contribution in [0.1, 0.15) is 54.5 Å². The summed E-state index contributed by atoms with van der Waals surface area (Å²) in [5.41, 5.74) is 7.76. The molecule has 0 aliphatic carbocycles. The highest BCUT2D eigenvalue weighted by atomic mass is 32.2. The number of aryl methyl sites for hydroxylation is 5. The quantitative estimate of drug-likeness (QED) is 0.0469. The minimum atomic E-state index is -0.139. The van der Waals surface area contributed by atoms with Gasteiger partial charge < -0.3 is 0 Å². The van der Waals surface area contributed by atoms with Gasteiger partial charge >= 0.3 is 0 Å². The summed E-state index contributed by atoms with van der Waals surface area (Å²) in [6, 6.07) is 130. The minimum Gasteiger partial charge on any atom is -0.0991 e. The van der Waals surface area contributed by atoms with Gasteiger partial charge in [-0.2, -0.15) is 0 Å². The maximum Gasteiger partial charge on any atom is 0.166 e. The molecule has 0 spiro atoms. The summed E-state index contributed by atoms with van der Waals surface area (Å²) in [4.78, 5) is 18.7. The Balaban J connectivity index is 0.000000151. The van der Waals surface area contributed by atoms with Crippen molar-refractivity contribution < 1.29 is 0 Å². The largest absolute Gasteiger partial charge is 0.166 e. The molecular formula is C99H97S5+5. The van der Waals surface area contributed by atoms with Crippen molar-refractivity contribution in [2.45, 2.75) is 124 Å². The lowest BCUT2D eigenvalue weighted by Crippen LogP contribution is -2.04. The van der Waals surface area contributed by atoms with Crippen LogP contribution in [0, 0.1) is 27.7 Å². The highest BCUT2D eigenvalue weighted by Crippen LogP contribution is 2.36. The van der Waals surface area contributed by atoms with Crippen LogP contribution in [-0.2, 0) is 60.9 Å². The van der Waals surface area contributed by atoms with Crippen LogP contribution in [0.15, 0.2) is 500 Å². The second kappa shape index (κ2) is 43.2. The van der Waals surface area contributed by atoms with Crippen molar-refractivity contribution in [2.24, 2.45) is 0 Å². The average Bonchev–Trinajstić information content (AvgIpc) is 0.873. The van der Waals surface area contributed by atoms with E-state index in [0.29, 0.717) is 0 Å². The molecule has 1 atom stereocenters. The van der Waals surface area contributed by atoms with Crippen LogP contribution in [0.2, 0.25) is 0 Å². The van der Waals surface area contributed by atoms with Crippen LogP contribution < -0.4 is 0 Å². The van der Waals surface area contributed by atoms with Crippen molar-refractivity contribution in [3.05, 3.63) is 464 Å². The van der Waals surface area contributed by atoms with Gasteiger partial charge in [0.1, 0.15) is 5.41 Å². The second-order valence-electron chi connectivity index (χ2n) is 24.5. The number of allylic oxidation sites excluding steroid dienone is 7. The van der Waals surface area contributed by atoms with E-state index < -0.39 is 0 Å². The minimum absolute atomic E-state index is 0.0146. The Bertz CT molecular complexity index is 4400. The summed E-state index contributed by atoms with van der Waals surface area (Å²) in [5.74, 6) is 0. The summed E-state index contributed by atoms with van der Waals surface area (Å²) in [6.45, 7) is 25.0. The van der Waals surface area contributed by atoms with E-state index in [1.165, 1.54) is 91.5 Å². The molecule has 0 saturated heterocycles. The SMILES string of the molecule is C=C(/C=C\C(=C)[S+](c1ccccc1)c1ccccc1)CCC.C=C/C=C\C=C\[S+](c1ccccc1)c1ccc(CC)cc1.Cc1ccc([S+](c2ccc(C)cc2)c2ccc(C)cc2)cc1.Cc1ccc([S+](c2ccccc2)c2ccccc2)cc1.c1ccc([S+](c2ccccc2)c2ccccc2)cc1. The summed E-state index contributed by atoms with van der Waals surface area (Å²) in [5, 5.41) is 2.26. The van der Waals surface area contributed by atoms with Crippen LogP contribution in [-0.4, -0.2) is 0 Å². The number of rotatable bonds is 22. The molecule has 0 heterocycles. The molecule has 5 heteroatoms. The first-order valence-corrected chi connectivity index (χ1v) is 41.7. The predicted octanol–water partition coefficient (Wildman–Crippen LogP) is 27.3. The first-order valence-electron chi connectivity index (χ1n) is 35.5. The molecule has 0 N–H and O–H groups in total. The molecule has 518 valence electrons. The fourth-order valence-corrected chi connectivity index (χ4v) is 20.8. The van der Waals surface area contributed by atoms with Gasteiger partial charge in [-0.25, -0.2) is 0 Å².